The van der Waals surface area contributed by atoms with Gasteiger partial charge >= 0.3 is 0 Å². The maximum Gasteiger partial charge on any atom is 0.163 e. The molecule has 2 N–H and O–H groups in total. The third-order valence-electron chi connectivity index (χ3n) is 3.31. The highest BCUT2D eigenvalue weighted by molar-refractivity contribution is 5.47. The molecule has 0 saturated heterocycles. The Morgan fingerprint density at radius 1 is 0.905 bits per heavy atom. The number of rotatable bonds is 5. The van der Waals surface area contributed by atoms with Crippen molar-refractivity contribution in [2.45, 2.75) is 6.04 Å². The summed E-state index contributed by atoms with van der Waals surface area (Å²) in [5.74, 6) is 1.06. The van der Waals surface area contributed by atoms with Crippen molar-refractivity contribution in [1.29, 1.82) is 0 Å². The largest absolute Gasteiger partial charge is 0.497 e. The molecule has 0 spiro atoms. The van der Waals surface area contributed by atoms with E-state index in [4.69, 9.17) is 19.9 Å². The van der Waals surface area contributed by atoms with Crippen LogP contribution in [0.2, 0.25) is 0 Å². The predicted molar refractivity (Wildman–Crippen MR) is 78.5 cm³/mol. The van der Waals surface area contributed by atoms with Crippen LogP contribution in [-0.2, 0) is 0 Å². The van der Waals surface area contributed by atoms with Gasteiger partial charge in [-0.25, -0.2) is 4.39 Å². The molecule has 0 aliphatic rings. The quantitative estimate of drug-likeness (QED) is 0.920. The number of hydrogen-bond acceptors (Lipinski definition) is 4. The summed E-state index contributed by atoms with van der Waals surface area (Å²) in [6, 6.07) is 9.41. The Morgan fingerprint density at radius 2 is 1.48 bits per heavy atom. The van der Waals surface area contributed by atoms with E-state index in [-0.39, 0.29) is 0 Å². The van der Waals surface area contributed by atoms with E-state index in [1.807, 2.05) is 0 Å². The first kappa shape index (κ1) is 15.1. The van der Waals surface area contributed by atoms with Crippen LogP contribution in [0.5, 0.6) is 17.2 Å². The Labute approximate surface area is 123 Å². The third kappa shape index (κ3) is 3.08. The first-order valence-corrected chi connectivity index (χ1v) is 6.41. The zero-order valence-corrected chi connectivity index (χ0v) is 12.2. The maximum atomic E-state index is 14.2. The van der Waals surface area contributed by atoms with Crippen molar-refractivity contribution in [3.8, 4) is 17.2 Å². The van der Waals surface area contributed by atoms with Crippen molar-refractivity contribution < 1.29 is 18.6 Å². The van der Waals surface area contributed by atoms with E-state index in [1.165, 1.54) is 20.3 Å². The van der Waals surface area contributed by atoms with Crippen molar-refractivity contribution in [1.82, 2.24) is 0 Å². The van der Waals surface area contributed by atoms with Crippen molar-refractivity contribution in [3.05, 3.63) is 53.3 Å². The molecule has 0 fully saturated rings. The van der Waals surface area contributed by atoms with E-state index >= 15 is 0 Å². The van der Waals surface area contributed by atoms with Crippen molar-refractivity contribution >= 4 is 0 Å². The van der Waals surface area contributed by atoms with Gasteiger partial charge in [-0.2, -0.15) is 0 Å². The number of methoxy groups -OCH3 is 3. The van der Waals surface area contributed by atoms with Gasteiger partial charge in [-0.3, -0.25) is 0 Å². The van der Waals surface area contributed by atoms with Crippen molar-refractivity contribution in [2.24, 2.45) is 5.73 Å². The van der Waals surface area contributed by atoms with E-state index in [1.54, 1.807) is 37.4 Å². The molecule has 0 radical (unpaired) electrons. The standard InChI is InChI=1S/C16H18FNO3/c1-19-11-6-4-10(5-7-11)16(18)12-8-14(20-2)15(21-3)9-13(12)17/h4-9,16H,18H2,1-3H3. The lowest BCUT2D eigenvalue weighted by molar-refractivity contribution is 0.351. The van der Waals surface area contributed by atoms with Gasteiger partial charge in [0, 0.05) is 11.6 Å². The highest BCUT2D eigenvalue weighted by atomic mass is 19.1. The van der Waals surface area contributed by atoms with Crippen LogP contribution in [0.1, 0.15) is 17.2 Å². The number of hydrogen-bond donors (Lipinski definition) is 1. The molecule has 0 saturated carbocycles. The lowest BCUT2D eigenvalue weighted by Crippen LogP contribution is -2.14. The summed E-state index contributed by atoms with van der Waals surface area (Å²) in [7, 11) is 4.54. The average Bonchev–Trinajstić information content (AvgIpc) is 2.54. The third-order valence-corrected chi connectivity index (χ3v) is 3.31. The highest BCUT2D eigenvalue weighted by Gasteiger charge is 2.18. The summed E-state index contributed by atoms with van der Waals surface area (Å²) in [4.78, 5) is 0. The van der Waals surface area contributed by atoms with Gasteiger partial charge in [0.15, 0.2) is 11.5 Å². The van der Waals surface area contributed by atoms with Gasteiger partial charge in [0.2, 0.25) is 0 Å². The van der Waals surface area contributed by atoms with E-state index < -0.39 is 11.9 Å². The zero-order valence-electron chi connectivity index (χ0n) is 12.2. The fourth-order valence-corrected chi connectivity index (χ4v) is 2.10. The molecule has 1 unspecified atom stereocenters. The second kappa shape index (κ2) is 6.45. The van der Waals surface area contributed by atoms with E-state index in [9.17, 15) is 4.39 Å². The monoisotopic (exact) mass is 291 g/mol. The second-order valence-electron chi connectivity index (χ2n) is 4.48. The average molecular weight is 291 g/mol. The Bertz CT molecular complexity index is 614. The summed E-state index contributed by atoms with van der Waals surface area (Å²) >= 11 is 0. The van der Waals surface area contributed by atoms with Crippen LogP contribution in [0.3, 0.4) is 0 Å². The molecule has 0 aliphatic carbocycles. The molecule has 21 heavy (non-hydrogen) atoms. The minimum absolute atomic E-state index is 0.334. The lowest BCUT2D eigenvalue weighted by Gasteiger charge is -2.16. The molecule has 1 atom stereocenters. The molecule has 2 aromatic carbocycles. The summed E-state index contributed by atoms with van der Waals surface area (Å²) in [5.41, 5.74) is 7.27. The molecule has 2 rings (SSSR count). The molecular weight excluding hydrogens is 273 g/mol. The topological polar surface area (TPSA) is 53.7 Å². The van der Waals surface area contributed by atoms with Crippen molar-refractivity contribution in [3.63, 3.8) is 0 Å². The molecular formula is C16H18FNO3. The lowest BCUT2D eigenvalue weighted by atomic mass is 9.98. The zero-order chi connectivity index (χ0) is 15.4. The Morgan fingerprint density at radius 3 is 2.00 bits per heavy atom. The van der Waals surface area contributed by atoms with Crippen LogP contribution in [0.25, 0.3) is 0 Å². The van der Waals surface area contributed by atoms with E-state index in [0.29, 0.717) is 17.1 Å². The van der Waals surface area contributed by atoms with Crippen LogP contribution in [0.4, 0.5) is 4.39 Å². The number of nitrogens with two attached hydrogens (primary N) is 1. The number of halogens is 1. The first-order valence-electron chi connectivity index (χ1n) is 6.41. The van der Waals surface area contributed by atoms with Crippen LogP contribution < -0.4 is 19.9 Å². The summed E-state index contributed by atoms with van der Waals surface area (Å²) in [5, 5.41) is 0. The molecule has 4 nitrogen and oxygen atoms in total. The molecule has 112 valence electrons. The number of ether oxygens (including phenoxy) is 3. The van der Waals surface area contributed by atoms with E-state index in [0.717, 1.165) is 11.3 Å². The molecule has 0 amide bonds. The van der Waals surface area contributed by atoms with Gasteiger partial charge < -0.3 is 19.9 Å². The smallest absolute Gasteiger partial charge is 0.163 e. The first-order chi connectivity index (χ1) is 10.1. The Hall–Kier alpha value is -2.27. The van der Waals surface area contributed by atoms with Crippen LogP contribution >= 0.6 is 0 Å². The summed E-state index contributed by atoms with van der Waals surface area (Å²) < 4.78 is 29.5. The van der Waals surface area contributed by atoms with Crippen LogP contribution in [-0.4, -0.2) is 21.3 Å². The number of benzene rings is 2. The van der Waals surface area contributed by atoms with Gasteiger partial charge in [-0.05, 0) is 23.8 Å². The predicted octanol–water partition coefficient (Wildman–Crippen LogP) is 2.90. The van der Waals surface area contributed by atoms with Gasteiger partial charge in [-0.1, -0.05) is 12.1 Å². The fraction of sp³-hybridized carbons (Fsp3) is 0.250. The van der Waals surface area contributed by atoms with Gasteiger partial charge in [0.1, 0.15) is 11.6 Å². The second-order valence-corrected chi connectivity index (χ2v) is 4.48. The van der Waals surface area contributed by atoms with Crippen LogP contribution in [0, 0.1) is 5.82 Å². The maximum absolute atomic E-state index is 14.2. The fourth-order valence-electron chi connectivity index (χ4n) is 2.10. The van der Waals surface area contributed by atoms with E-state index in [2.05, 4.69) is 0 Å². The molecule has 0 aliphatic heterocycles. The molecule has 5 heteroatoms. The van der Waals surface area contributed by atoms with Gasteiger partial charge in [0.05, 0.1) is 27.4 Å². The minimum atomic E-state index is -0.601. The summed E-state index contributed by atoms with van der Waals surface area (Å²) in [6.45, 7) is 0. The SMILES string of the molecule is COc1ccc(C(N)c2cc(OC)c(OC)cc2F)cc1. The van der Waals surface area contributed by atoms with Gasteiger partial charge in [0.25, 0.3) is 0 Å². The van der Waals surface area contributed by atoms with Gasteiger partial charge in [-0.15, -0.1) is 0 Å². The normalized spacial score (nSPS) is 11.9. The highest BCUT2D eigenvalue weighted by Crippen LogP contribution is 2.33. The Balaban J connectivity index is 2.39. The minimum Gasteiger partial charge on any atom is -0.497 e. The Kier molecular flexibility index (Phi) is 4.65. The van der Waals surface area contributed by atoms with Crippen LogP contribution in [0.15, 0.2) is 36.4 Å². The summed E-state index contributed by atoms with van der Waals surface area (Å²) in [6.07, 6.45) is 0. The van der Waals surface area contributed by atoms with Crippen molar-refractivity contribution in [2.75, 3.05) is 21.3 Å². The molecule has 0 aromatic heterocycles. The molecule has 0 heterocycles. The molecule has 2 aromatic rings. The molecule has 0 bridgehead atoms.